The van der Waals surface area contributed by atoms with Crippen LogP contribution in [0.5, 0.6) is 5.75 Å². The van der Waals surface area contributed by atoms with E-state index < -0.39 is 0 Å². The predicted molar refractivity (Wildman–Crippen MR) is 109 cm³/mol. The van der Waals surface area contributed by atoms with E-state index in [0.29, 0.717) is 13.5 Å². The molecule has 0 bridgehead atoms. The first-order chi connectivity index (χ1) is 13.0. The van der Waals surface area contributed by atoms with Gasteiger partial charge < -0.3 is 10.1 Å². The lowest BCUT2D eigenvalue weighted by Gasteiger charge is -2.30. The number of rotatable bonds is 6. The molecule has 1 fully saturated rings. The second-order valence-corrected chi connectivity index (χ2v) is 7.66. The summed E-state index contributed by atoms with van der Waals surface area (Å²) in [6, 6.07) is 14.5. The average molecular weight is 436 g/mol. The minimum atomic E-state index is -0.141. The molecule has 1 saturated heterocycles. The first-order valence-electron chi connectivity index (χ1n) is 9.01. The van der Waals surface area contributed by atoms with Crippen LogP contribution < -0.4 is 15.4 Å². The maximum atomic E-state index is 5.78. The molecule has 0 amide bonds. The lowest BCUT2D eigenvalue weighted by molar-refractivity contribution is -0.306. The van der Waals surface area contributed by atoms with Crippen LogP contribution in [0.3, 0.4) is 0 Å². The first-order valence-corrected chi connectivity index (χ1v) is 9.81. The summed E-state index contributed by atoms with van der Waals surface area (Å²) in [6.45, 7) is 7.49. The van der Waals surface area contributed by atoms with E-state index in [9.17, 15) is 0 Å². The Morgan fingerprint density at radius 3 is 2.70 bits per heavy atom. The summed E-state index contributed by atoms with van der Waals surface area (Å²) >= 11 is 3.58. The molecule has 0 aliphatic carbocycles. The molecule has 1 heterocycles. The zero-order valence-electron chi connectivity index (χ0n) is 15.9. The Hall–Kier alpha value is -1.64. The van der Waals surface area contributed by atoms with Crippen molar-refractivity contribution < 1.29 is 14.5 Å². The summed E-state index contributed by atoms with van der Waals surface area (Å²) in [5, 5.41) is 6.79. The van der Waals surface area contributed by atoms with Crippen molar-refractivity contribution in [1.82, 2.24) is 10.2 Å². The third-order valence-corrected chi connectivity index (χ3v) is 4.73. The molecule has 27 heavy (non-hydrogen) atoms. The van der Waals surface area contributed by atoms with Gasteiger partial charge in [-0.15, -0.1) is 0 Å². The molecule has 1 aliphatic rings. The summed E-state index contributed by atoms with van der Waals surface area (Å²) in [7, 11) is 0. The third kappa shape index (κ3) is 5.92. The lowest BCUT2D eigenvalue weighted by Crippen LogP contribution is -2.49. The summed E-state index contributed by atoms with van der Waals surface area (Å²) in [4.78, 5) is 12.5. The lowest BCUT2D eigenvalue weighted by atomic mass is 10.1. The quantitative estimate of drug-likeness (QED) is 0.662. The fraction of sp³-hybridized carbons (Fsp3) is 0.400. The van der Waals surface area contributed by atoms with Crippen molar-refractivity contribution in [3.63, 3.8) is 0 Å². The highest BCUT2D eigenvalue weighted by Crippen LogP contribution is 2.29. The van der Waals surface area contributed by atoms with Crippen molar-refractivity contribution >= 4 is 21.6 Å². The molecule has 0 aromatic heterocycles. The van der Waals surface area contributed by atoms with Crippen LogP contribution in [0.15, 0.2) is 46.9 Å². The number of hydrogen-bond donors (Lipinski definition) is 2. The van der Waals surface area contributed by atoms with Crippen molar-refractivity contribution in [1.29, 1.82) is 0 Å². The van der Waals surface area contributed by atoms with Crippen LogP contribution in [-0.2, 0) is 16.3 Å². The molecule has 1 atom stereocenters. The number of ether oxygens (including phenoxy) is 1. The molecule has 2 aromatic carbocycles. The highest BCUT2D eigenvalue weighted by Gasteiger charge is 2.22. The maximum Gasteiger partial charge on any atom is 0.138 e. The Morgan fingerprint density at radius 2 is 2.00 bits per heavy atom. The molecule has 3 rings (SSSR count). The topological polar surface area (TPSA) is 55.0 Å². The number of nitrogens with one attached hydrogen (secondary N) is 2. The highest BCUT2D eigenvalue weighted by atomic mass is 79.9. The van der Waals surface area contributed by atoms with Gasteiger partial charge in [0.05, 0.1) is 10.6 Å². The van der Waals surface area contributed by atoms with Crippen molar-refractivity contribution in [2.24, 2.45) is 0 Å². The van der Waals surface area contributed by atoms with Gasteiger partial charge in [-0.1, -0.05) is 29.8 Å². The van der Waals surface area contributed by atoms with Gasteiger partial charge in [-0.25, -0.2) is 14.7 Å². The van der Waals surface area contributed by atoms with Crippen LogP contribution in [0.25, 0.3) is 0 Å². The van der Waals surface area contributed by atoms with E-state index in [1.807, 2.05) is 32.0 Å². The Bertz CT molecular complexity index is 740. The summed E-state index contributed by atoms with van der Waals surface area (Å²) in [5.41, 5.74) is 3.42. The zero-order valence-corrected chi connectivity index (χ0v) is 17.5. The van der Waals surface area contributed by atoms with Crippen LogP contribution in [0, 0.1) is 6.92 Å². The van der Waals surface area contributed by atoms with E-state index in [2.05, 4.69) is 62.7 Å². The molecular formula is C20H26BrN3O3. The molecule has 2 N–H and O–H groups in total. The Balaban J connectivity index is 1.71. The number of hydrogen-bond acceptors (Lipinski definition) is 6. The van der Waals surface area contributed by atoms with Crippen LogP contribution in [-0.4, -0.2) is 30.8 Å². The van der Waals surface area contributed by atoms with Gasteiger partial charge in [0.2, 0.25) is 0 Å². The maximum absolute atomic E-state index is 5.78. The van der Waals surface area contributed by atoms with Gasteiger partial charge in [0.15, 0.2) is 0 Å². The summed E-state index contributed by atoms with van der Waals surface area (Å²) in [6.07, 6.45) is -0.0134. The fourth-order valence-corrected chi connectivity index (χ4v) is 3.24. The Labute approximate surface area is 168 Å². The number of aryl methyl sites for hydroxylation is 1. The molecule has 146 valence electrons. The van der Waals surface area contributed by atoms with Crippen LogP contribution in [0.1, 0.15) is 25.0 Å². The Morgan fingerprint density at radius 1 is 1.22 bits per heavy atom. The van der Waals surface area contributed by atoms with Crippen LogP contribution in [0.4, 0.5) is 5.69 Å². The molecule has 0 spiro atoms. The minimum Gasteiger partial charge on any atom is -0.490 e. The Kier molecular flexibility index (Phi) is 7.09. The molecule has 6 nitrogen and oxygen atoms in total. The van der Waals surface area contributed by atoms with Crippen molar-refractivity contribution in [3.05, 3.63) is 58.1 Å². The van der Waals surface area contributed by atoms with Gasteiger partial charge in [-0.2, -0.15) is 0 Å². The smallest absolute Gasteiger partial charge is 0.138 e. The SMILES string of the molecule is Cc1ccc(CN2COOCNC2Nc2ccc(OC(C)C)c(Br)c2)cc1. The monoisotopic (exact) mass is 435 g/mol. The van der Waals surface area contributed by atoms with Crippen LogP contribution >= 0.6 is 15.9 Å². The van der Waals surface area contributed by atoms with E-state index in [0.717, 1.165) is 22.5 Å². The standard InChI is InChI=1S/C20H26BrN3O3/c1-14(2)27-19-9-8-17(10-18(19)21)23-20-22-12-25-26-13-24(20)11-16-6-4-15(3)5-7-16/h4-10,14,20,22-23H,11-13H2,1-3H3. The molecule has 1 aliphatic heterocycles. The summed E-state index contributed by atoms with van der Waals surface area (Å²) < 4.78 is 6.69. The minimum absolute atomic E-state index is 0.128. The molecule has 1 unspecified atom stereocenters. The molecule has 7 heteroatoms. The van der Waals surface area contributed by atoms with E-state index in [4.69, 9.17) is 14.5 Å². The van der Waals surface area contributed by atoms with Gasteiger partial charge in [-0.05, 0) is 60.5 Å². The molecular weight excluding hydrogens is 410 g/mol. The van der Waals surface area contributed by atoms with Crippen LogP contribution in [0.2, 0.25) is 0 Å². The summed E-state index contributed by atoms with van der Waals surface area (Å²) in [5.74, 6) is 0.826. The predicted octanol–water partition coefficient (Wildman–Crippen LogP) is 4.21. The van der Waals surface area contributed by atoms with E-state index in [-0.39, 0.29) is 12.4 Å². The highest BCUT2D eigenvalue weighted by molar-refractivity contribution is 9.10. The van der Waals surface area contributed by atoms with Gasteiger partial charge >= 0.3 is 0 Å². The second-order valence-electron chi connectivity index (χ2n) is 6.80. The molecule has 2 aromatic rings. The van der Waals surface area contributed by atoms with Crippen molar-refractivity contribution in [3.8, 4) is 5.75 Å². The van der Waals surface area contributed by atoms with Gasteiger partial charge in [0, 0.05) is 12.2 Å². The zero-order chi connectivity index (χ0) is 19.2. The number of halogens is 1. The molecule has 0 radical (unpaired) electrons. The average Bonchev–Trinajstić information content (AvgIpc) is 2.84. The number of anilines is 1. The van der Waals surface area contributed by atoms with E-state index in [1.165, 1.54) is 11.1 Å². The van der Waals surface area contributed by atoms with Crippen molar-refractivity contribution in [2.75, 3.05) is 18.8 Å². The molecule has 0 saturated carbocycles. The van der Waals surface area contributed by atoms with E-state index in [1.54, 1.807) is 0 Å². The number of benzene rings is 2. The van der Waals surface area contributed by atoms with Crippen molar-refractivity contribution in [2.45, 2.75) is 39.7 Å². The van der Waals surface area contributed by atoms with Gasteiger partial charge in [0.1, 0.15) is 25.5 Å². The second kappa shape index (κ2) is 9.52. The van der Waals surface area contributed by atoms with Gasteiger partial charge in [-0.3, -0.25) is 5.32 Å². The largest absolute Gasteiger partial charge is 0.490 e. The van der Waals surface area contributed by atoms with Gasteiger partial charge in [0.25, 0.3) is 0 Å². The normalized spacial score (nSPS) is 18.3. The van der Waals surface area contributed by atoms with E-state index >= 15 is 0 Å². The number of nitrogens with zero attached hydrogens (tertiary/aromatic N) is 1. The first kappa shape index (κ1) is 20.1. The fourth-order valence-electron chi connectivity index (χ4n) is 2.77. The third-order valence-electron chi connectivity index (χ3n) is 4.11.